The van der Waals surface area contributed by atoms with Crippen LogP contribution in [0.4, 0.5) is 23.1 Å². The number of nitrogens with zero attached hydrogens (tertiary/aromatic N) is 3. The van der Waals surface area contributed by atoms with Crippen LogP contribution in [-0.4, -0.2) is 23.2 Å². The van der Waals surface area contributed by atoms with Crippen molar-refractivity contribution in [1.29, 1.82) is 0 Å². The first kappa shape index (κ1) is 21.2. The van der Waals surface area contributed by atoms with E-state index in [1.54, 1.807) is 0 Å². The Morgan fingerprint density at radius 3 is 2.50 bits per heavy atom. The molecule has 1 fully saturated rings. The molecular weight excluding hydrogens is 350 g/mol. The highest BCUT2D eigenvalue weighted by atomic mass is 15.3. The van der Waals surface area contributed by atoms with E-state index in [2.05, 4.69) is 49.1 Å². The standard InChI is InChI=1S/C19H25N7.C2H6/c1-12-7-16(20-4)10-17(8-12)24-19-22-13(2)9-18(25-19)23-14(3)26-21-11-15-5-6-15;1-2/h7-11,15,20,26H,3,5-6H2,1-2,4H3,(H2,22,23,24,25);1-2H3/b21-11+;. The van der Waals surface area contributed by atoms with Gasteiger partial charge in [-0.2, -0.15) is 10.1 Å². The third-order valence-corrected chi connectivity index (χ3v) is 3.86. The Hall–Kier alpha value is -3.09. The summed E-state index contributed by atoms with van der Waals surface area (Å²) >= 11 is 0. The lowest BCUT2D eigenvalue weighted by molar-refractivity contribution is 0.890. The van der Waals surface area contributed by atoms with Gasteiger partial charge in [-0.3, -0.25) is 5.43 Å². The van der Waals surface area contributed by atoms with Crippen LogP contribution in [0.3, 0.4) is 0 Å². The summed E-state index contributed by atoms with van der Waals surface area (Å²) in [5, 5.41) is 13.7. The zero-order chi connectivity index (χ0) is 20.5. The zero-order valence-corrected chi connectivity index (χ0v) is 17.4. The molecule has 0 unspecified atom stereocenters. The van der Waals surface area contributed by atoms with E-state index in [1.165, 1.54) is 12.8 Å². The van der Waals surface area contributed by atoms with Gasteiger partial charge in [-0.05, 0) is 56.4 Å². The topological polar surface area (TPSA) is 86.3 Å². The minimum absolute atomic E-state index is 0.523. The second-order valence-electron chi connectivity index (χ2n) is 6.51. The van der Waals surface area contributed by atoms with Gasteiger partial charge in [0.15, 0.2) is 0 Å². The van der Waals surface area contributed by atoms with Crippen LogP contribution in [-0.2, 0) is 0 Å². The summed E-state index contributed by atoms with van der Waals surface area (Å²) in [6.07, 6.45) is 4.36. The summed E-state index contributed by atoms with van der Waals surface area (Å²) in [5.74, 6) is 2.36. The van der Waals surface area contributed by atoms with Crippen molar-refractivity contribution in [2.75, 3.05) is 23.0 Å². The van der Waals surface area contributed by atoms with Gasteiger partial charge in [-0.25, -0.2) is 4.98 Å². The normalized spacial score (nSPS) is 12.8. The Labute approximate surface area is 167 Å². The molecule has 3 rings (SSSR count). The lowest BCUT2D eigenvalue weighted by Crippen LogP contribution is -2.14. The van der Waals surface area contributed by atoms with E-state index in [0.29, 0.717) is 23.5 Å². The number of aromatic nitrogens is 2. The van der Waals surface area contributed by atoms with E-state index in [9.17, 15) is 0 Å². The molecule has 150 valence electrons. The van der Waals surface area contributed by atoms with E-state index in [0.717, 1.165) is 22.6 Å². The van der Waals surface area contributed by atoms with Crippen molar-refractivity contribution in [1.82, 2.24) is 15.4 Å². The maximum absolute atomic E-state index is 4.50. The second kappa shape index (κ2) is 10.3. The molecule has 1 aromatic carbocycles. The number of nitrogens with one attached hydrogen (secondary N) is 4. The summed E-state index contributed by atoms with van der Waals surface area (Å²) in [4.78, 5) is 8.96. The number of hydrogen-bond donors (Lipinski definition) is 4. The van der Waals surface area contributed by atoms with Crippen LogP contribution in [0.15, 0.2) is 41.8 Å². The van der Waals surface area contributed by atoms with Crippen molar-refractivity contribution >= 4 is 29.4 Å². The van der Waals surface area contributed by atoms with Gasteiger partial charge in [0, 0.05) is 36.4 Å². The number of hydrogen-bond acceptors (Lipinski definition) is 7. The van der Waals surface area contributed by atoms with Crippen LogP contribution >= 0.6 is 0 Å². The van der Waals surface area contributed by atoms with E-state index in [-0.39, 0.29) is 0 Å². The SMILES string of the molecule is C=C(N/N=C/C1CC1)Nc1cc(C)nc(Nc2cc(C)cc(NC)c2)n1.CC. The predicted molar refractivity (Wildman–Crippen MR) is 119 cm³/mol. The average molecular weight is 382 g/mol. The first-order chi connectivity index (χ1) is 13.5. The number of hydrazone groups is 1. The van der Waals surface area contributed by atoms with E-state index in [4.69, 9.17) is 0 Å². The Morgan fingerprint density at radius 1 is 1.11 bits per heavy atom. The van der Waals surface area contributed by atoms with Crippen molar-refractivity contribution in [2.45, 2.75) is 40.5 Å². The third kappa shape index (κ3) is 6.90. The first-order valence-corrected chi connectivity index (χ1v) is 9.69. The first-order valence-electron chi connectivity index (χ1n) is 9.69. The molecule has 0 atom stereocenters. The van der Waals surface area contributed by atoms with E-state index < -0.39 is 0 Å². The predicted octanol–water partition coefficient (Wildman–Crippen LogP) is 4.77. The molecule has 0 radical (unpaired) electrons. The summed E-state index contributed by atoms with van der Waals surface area (Å²) in [6.45, 7) is 11.9. The Morgan fingerprint density at radius 2 is 1.82 bits per heavy atom. The van der Waals surface area contributed by atoms with Gasteiger partial charge in [0.1, 0.15) is 11.6 Å². The van der Waals surface area contributed by atoms with Gasteiger partial charge < -0.3 is 16.0 Å². The summed E-state index contributed by atoms with van der Waals surface area (Å²) in [7, 11) is 1.90. The fourth-order valence-electron chi connectivity index (χ4n) is 2.47. The minimum atomic E-state index is 0.523. The molecule has 1 saturated carbocycles. The molecule has 0 saturated heterocycles. The highest BCUT2D eigenvalue weighted by molar-refractivity contribution is 5.64. The van der Waals surface area contributed by atoms with Gasteiger partial charge in [0.2, 0.25) is 5.95 Å². The molecule has 0 bridgehead atoms. The Kier molecular flexibility index (Phi) is 7.80. The van der Waals surface area contributed by atoms with Crippen LogP contribution in [0, 0.1) is 19.8 Å². The average Bonchev–Trinajstić information content (AvgIpc) is 3.46. The highest BCUT2D eigenvalue weighted by Gasteiger charge is 2.18. The van der Waals surface area contributed by atoms with Crippen LogP contribution in [0.1, 0.15) is 37.9 Å². The van der Waals surface area contributed by atoms with Crippen LogP contribution in [0.25, 0.3) is 0 Å². The lowest BCUT2D eigenvalue weighted by atomic mass is 10.2. The molecule has 0 amide bonds. The third-order valence-electron chi connectivity index (χ3n) is 3.86. The molecule has 4 N–H and O–H groups in total. The molecule has 1 aliphatic carbocycles. The minimum Gasteiger partial charge on any atom is -0.388 e. The van der Waals surface area contributed by atoms with Gasteiger partial charge in [-0.15, -0.1) is 0 Å². The molecule has 0 aliphatic heterocycles. The van der Waals surface area contributed by atoms with Crippen LogP contribution in [0.5, 0.6) is 0 Å². The van der Waals surface area contributed by atoms with Crippen molar-refractivity contribution in [3.05, 3.63) is 47.9 Å². The quantitative estimate of drug-likeness (QED) is 0.389. The Bertz CT molecular complexity index is 825. The van der Waals surface area contributed by atoms with Crippen molar-refractivity contribution in [3.8, 4) is 0 Å². The van der Waals surface area contributed by atoms with E-state index >= 15 is 0 Å². The maximum atomic E-state index is 4.50. The number of aryl methyl sites for hydroxylation is 2. The van der Waals surface area contributed by atoms with Gasteiger partial charge in [0.05, 0.1) is 0 Å². The number of benzene rings is 1. The molecule has 2 aromatic rings. The molecule has 0 spiro atoms. The molecule has 1 aliphatic rings. The van der Waals surface area contributed by atoms with Crippen molar-refractivity contribution < 1.29 is 0 Å². The van der Waals surface area contributed by atoms with Gasteiger partial charge >= 0.3 is 0 Å². The number of anilines is 4. The molecule has 1 aromatic heterocycles. The molecular formula is C21H31N7. The molecule has 28 heavy (non-hydrogen) atoms. The molecule has 7 heteroatoms. The highest BCUT2D eigenvalue weighted by Crippen LogP contribution is 2.26. The van der Waals surface area contributed by atoms with Crippen molar-refractivity contribution in [3.63, 3.8) is 0 Å². The summed E-state index contributed by atoms with van der Waals surface area (Å²) in [6, 6.07) is 8.00. The van der Waals surface area contributed by atoms with Crippen LogP contribution < -0.4 is 21.4 Å². The van der Waals surface area contributed by atoms with Crippen molar-refractivity contribution in [2.24, 2.45) is 11.0 Å². The smallest absolute Gasteiger partial charge is 0.229 e. The van der Waals surface area contributed by atoms with Crippen LogP contribution in [0.2, 0.25) is 0 Å². The lowest BCUT2D eigenvalue weighted by Gasteiger charge is -2.12. The fraction of sp³-hybridized carbons (Fsp3) is 0.381. The summed E-state index contributed by atoms with van der Waals surface area (Å²) < 4.78 is 0. The monoisotopic (exact) mass is 381 g/mol. The number of rotatable bonds is 8. The fourth-order valence-corrected chi connectivity index (χ4v) is 2.47. The molecule has 1 heterocycles. The Balaban J connectivity index is 0.00000136. The van der Waals surface area contributed by atoms with E-state index in [1.807, 2.05) is 59.2 Å². The maximum Gasteiger partial charge on any atom is 0.229 e. The second-order valence-corrected chi connectivity index (χ2v) is 6.51. The summed E-state index contributed by atoms with van der Waals surface area (Å²) in [5.41, 5.74) is 6.85. The molecule has 7 nitrogen and oxygen atoms in total. The van der Waals surface area contributed by atoms with Gasteiger partial charge in [-0.1, -0.05) is 20.4 Å². The largest absolute Gasteiger partial charge is 0.388 e. The zero-order valence-electron chi connectivity index (χ0n) is 17.4. The van der Waals surface area contributed by atoms with Gasteiger partial charge in [0.25, 0.3) is 0 Å².